The number of amides is 1. The smallest absolute Gasteiger partial charge is 0.255 e. The van der Waals surface area contributed by atoms with E-state index in [9.17, 15) is 9.90 Å². The lowest BCUT2D eigenvalue weighted by Gasteiger charge is -2.38. The standard InChI is InChI=1S/C17H25NO3/c1-10-11(2)21-14-12(10)8-7-9-13(14)15(19)18-16(3,4)17(5,6)20/h7-11,20H,1-6H3,(H,18,19). The minimum atomic E-state index is -1.03. The van der Waals surface area contributed by atoms with E-state index in [0.717, 1.165) is 5.56 Å². The van der Waals surface area contributed by atoms with E-state index in [1.165, 1.54) is 0 Å². The van der Waals surface area contributed by atoms with Crippen molar-refractivity contribution in [3.63, 3.8) is 0 Å². The fraction of sp³-hybridized carbons (Fsp3) is 0.588. The Labute approximate surface area is 126 Å². The van der Waals surface area contributed by atoms with Gasteiger partial charge in [0.2, 0.25) is 0 Å². The van der Waals surface area contributed by atoms with Crippen LogP contribution >= 0.6 is 0 Å². The van der Waals surface area contributed by atoms with Gasteiger partial charge in [0.1, 0.15) is 11.9 Å². The van der Waals surface area contributed by atoms with E-state index in [4.69, 9.17) is 4.74 Å². The summed E-state index contributed by atoms with van der Waals surface area (Å²) in [6.45, 7) is 11.1. The van der Waals surface area contributed by atoms with E-state index in [-0.39, 0.29) is 17.9 Å². The second-order valence-electron chi connectivity index (χ2n) is 6.97. The number of para-hydroxylation sites is 1. The Morgan fingerprint density at radius 3 is 2.43 bits per heavy atom. The summed E-state index contributed by atoms with van der Waals surface area (Å²) in [5.74, 6) is 0.719. The SMILES string of the molecule is CC1Oc2c(C(=O)NC(C)(C)C(C)(C)O)cccc2C1C. The van der Waals surface area contributed by atoms with Crippen LogP contribution in [0.15, 0.2) is 18.2 Å². The van der Waals surface area contributed by atoms with Crippen molar-refractivity contribution < 1.29 is 14.6 Å². The molecule has 2 N–H and O–H groups in total. The van der Waals surface area contributed by atoms with Crippen molar-refractivity contribution in [2.75, 3.05) is 0 Å². The first kappa shape index (κ1) is 15.8. The Kier molecular flexibility index (Phi) is 3.79. The lowest BCUT2D eigenvalue weighted by molar-refractivity contribution is -0.00299. The van der Waals surface area contributed by atoms with Gasteiger partial charge >= 0.3 is 0 Å². The minimum absolute atomic E-state index is 0.0660. The molecule has 0 aliphatic carbocycles. The summed E-state index contributed by atoms with van der Waals surface area (Å²) in [6, 6.07) is 5.64. The zero-order valence-corrected chi connectivity index (χ0v) is 13.7. The number of nitrogens with one attached hydrogen (secondary N) is 1. The molecule has 1 heterocycles. The summed E-state index contributed by atoms with van der Waals surface area (Å²) in [5.41, 5.74) is -0.178. The Hall–Kier alpha value is -1.55. The van der Waals surface area contributed by atoms with Crippen molar-refractivity contribution in [1.82, 2.24) is 5.32 Å². The number of hydrogen-bond acceptors (Lipinski definition) is 3. The van der Waals surface area contributed by atoms with Crippen LogP contribution in [0.25, 0.3) is 0 Å². The number of benzene rings is 1. The first-order chi connectivity index (χ1) is 9.54. The van der Waals surface area contributed by atoms with Gasteiger partial charge in [-0.2, -0.15) is 0 Å². The predicted octanol–water partition coefficient (Wildman–Crippen LogP) is 2.85. The molecule has 4 nitrogen and oxygen atoms in total. The molecule has 116 valence electrons. The fourth-order valence-corrected chi connectivity index (χ4v) is 2.27. The third-order valence-electron chi connectivity index (χ3n) is 4.74. The van der Waals surface area contributed by atoms with Crippen LogP contribution in [0.3, 0.4) is 0 Å². The fourth-order valence-electron chi connectivity index (χ4n) is 2.27. The number of hydrogen-bond donors (Lipinski definition) is 2. The van der Waals surface area contributed by atoms with E-state index in [2.05, 4.69) is 12.2 Å². The van der Waals surface area contributed by atoms with Crippen LogP contribution in [-0.2, 0) is 0 Å². The largest absolute Gasteiger partial charge is 0.489 e. The molecule has 21 heavy (non-hydrogen) atoms. The molecule has 2 rings (SSSR count). The highest BCUT2D eigenvalue weighted by atomic mass is 16.5. The molecule has 1 aliphatic rings. The van der Waals surface area contributed by atoms with Gasteiger partial charge in [0.05, 0.1) is 16.7 Å². The van der Waals surface area contributed by atoms with Gasteiger partial charge in [-0.1, -0.05) is 19.1 Å². The van der Waals surface area contributed by atoms with Crippen LogP contribution in [-0.4, -0.2) is 28.3 Å². The second kappa shape index (κ2) is 5.02. The number of carbonyl (C=O) groups excluding carboxylic acids is 1. The van der Waals surface area contributed by atoms with Crippen LogP contribution in [0.2, 0.25) is 0 Å². The highest BCUT2D eigenvalue weighted by molar-refractivity contribution is 5.98. The van der Waals surface area contributed by atoms with Gasteiger partial charge in [-0.05, 0) is 40.7 Å². The molecule has 1 amide bonds. The second-order valence-corrected chi connectivity index (χ2v) is 6.97. The average Bonchev–Trinajstić information content (AvgIpc) is 2.63. The molecule has 0 aromatic heterocycles. The Bertz CT molecular complexity index is 558. The van der Waals surface area contributed by atoms with Crippen molar-refractivity contribution in [3.8, 4) is 5.75 Å². The van der Waals surface area contributed by atoms with Crippen LogP contribution in [0, 0.1) is 0 Å². The number of carbonyl (C=O) groups is 1. The molecule has 2 unspecified atom stereocenters. The van der Waals surface area contributed by atoms with Crippen LogP contribution in [0.5, 0.6) is 5.75 Å². The van der Waals surface area contributed by atoms with Crippen molar-refractivity contribution in [1.29, 1.82) is 0 Å². The predicted molar refractivity (Wildman–Crippen MR) is 82.8 cm³/mol. The summed E-state index contributed by atoms with van der Waals surface area (Å²) in [4.78, 5) is 12.6. The Morgan fingerprint density at radius 2 is 1.86 bits per heavy atom. The van der Waals surface area contributed by atoms with Gasteiger partial charge in [0.15, 0.2) is 0 Å². The van der Waals surface area contributed by atoms with Crippen molar-refractivity contribution >= 4 is 5.91 Å². The molecule has 0 bridgehead atoms. The Balaban J connectivity index is 2.31. The quantitative estimate of drug-likeness (QED) is 0.900. The van der Waals surface area contributed by atoms with Gasteiger partial charge in [-0.3, -0.25) is 4.79 Å². The van der Waals surface area contributed by atoms with E-state index in [0.29, 0.717) is 11.3 Å². The van der Waals surface area contributed by atoms with Gasteiger partial charge < -0.3 is 15.2 Å². The lowest BCUT2D eigenvalue weighted by atomic mass is 9.85. The maximum absolute atomic E-state index is 12.6. The average molecular weight is 291 g/mol. The summed E-state index contributed by atoms with van der Waals surface area (Å²) < 4.78 is 5.85. The first-order valence-corrected chi connectivity index (χ1v) is 7.39. The summed E-state index contributed by atoms with van der Waals surface area (Å²) in [7, 11) is 0. The highest BCUT2D eigenvalue weighted by Crippen LogP contribution is 2.40. The van der Waals surface area contributed by atoms with Gasteiger partial charge in [0.25, 0.3) is 5.91 Å². The third kappa shape index (κ3) is 2.77. The van der Waals surface area contributed by atoms with Gasteiger partial charge in [-0.15, -0.1) is 0 Å². The van der Waals surface area contributed by atoms with E-state index >= 15 is 0 Å². The number of rotatable bonds is 3. The molecule has 0 saturated carbocycles. The topological polar surface area (TPSA) is 58.6 Å². The van der Waals surface area contributed by atoms with Crippen LogP contribution < -0.4 is 10.1 Å². The monoisotopic (exact) mass is 291 g/mol. The zero-order valence-electron chi connectivity index (χ0n) is 13.7. The normalized spacial score (nSPS) is 21.7. The highest BCUT2D eigenvalue weighted by Gasteiger charge is 2.38. The van der Waals surface area contributed by atoms with Crippen molar-refractivity contribution in [3.05, 3.63) is 29.3 Å². The number of aliphatic hydroxyl groups is 1. The van der Waals surface area contributed by atoms with E-state index in [1.54, 1.807) is 33.8 Å². The maximum Gasteiger partial charge on any atom is 0.255 e. The van der Waals surface area contributed by atoms with Crippen molar-refractivity contribution in [2.45, 2.75) is 64.7 Å². The molecule has 1 aliphatic heterocycles. The molecule has 0 fully saturated rings. The molecule has 1 aromatic rings. The van der Waals surface area contributed by atoms with E-state index in [1.807, 2.05) is 19.1 Å². The van der Waals surface area contributed by atoms with Crippen LogP contribution in [0.1, 0.15) is 63.4 Å². The first-order valence-electron chi connectivity index (χ1n) is 7.39. The molecule has 0 radical (unpaired) electrons. The summed E-state index contributed by atoms with van der Waals surface area (Å²) in [6.07, 6.45) is 0.0660. The molecule has 0 spiro atoms. The molecule has 1 aromatic carbocycles. The van der Waals surface area contributed by atoms with Gasteiger partial charge in [-0.25, -0.2) is 0 Å². The zero-order chi connectivity index (χ0) is 16.0. The molecular formula is C17H25NO3. The molecular weight excluding hydrogens is 266 g/mol. The van der Waals surface area contributed by atoms with Crippen LogP contribution in [0.4, 0.5) is 0 Å². The lowest BCUT2D eigenvalue weighted by Crippen LogP contribution is -2.57. The van der Waals surface area contributed by atoms with Gasteiger partial charge in [0, 0.05) is 11.5 Å². The number of fused-ring (bicyclic) bond motifs is 1. The minimum Gasteiger partial charge on any atom is -0.489 e. The van der Waals surface area contributed by atoms with E-state index < -0.39 is 11.1 Å². The Morgan fingerprint density at radius 1 is 1.24 bits per heavy atom. The number of ether oxygens (including phenoxy) is 1. The maximum atomic E-state index is 12.6. The molecule has 2 atom stereocenters. The molecule has 4 heteroatoms. The third-order valence-corrected chi connectivity index (χ3v) is 4.74. The summed E-state index contributed by atoms with van der Waals surface area (Å²) >= 11 is 0. The van der Waals surface area contributed by atoms with Crippen molar-refractivity contribution in [2.24, 2.45) is 0 Å². The molecule has 0 saturated heterocycles. The summed E-state index contributed by atoms with van der Waals surface area (Å²) in [5, 5.41) is 13.1.